The molecular formula is C49H53N3. The highest BCUT2D eigenvalue weighted by Gasteiger charge is 2.29. The van der Waals surface area contributed by atoms with Gasteiger partial charge in [-0.1, -0.05) is 127 Å². The van der Waals surface area contributed by atoms with Crippen molar-refractivity contribution in [1.82, 2.24) is 13.7 Å². The van der Waals surface area contributed by atoms with Gasteiger partial charge in [0.2, 0.25) is 0 Å². The molecule has 0 atom stereocenters. The van der Waals surface area contributed by atoms with Crippen molar-refractivity contribution in [1.29, 1.82) is 0 Å². The van der Waals surface area contributed by atoms with Gasteiger partial charge in [-0.3, -0.25) is 0 Å². The van der Waals surface area contributed by atoms with Gasteiger partial charge in [0.05, 0.1) is 22.1 Å². The summed E-state index contributed by atoms with van der Waals surface area (Å²) < 4.78 is 7.57. The average molecular weight is 684 g/mol. The minimum absolute atomic E-state index is 0.922. The van der Waals surface area contributed by atoms with Gasteiger partial charge in [-0.2, -0.15) is 0 Å². The Balaban J connectivity index is 0.000000479. The van der Waals surface area contributed by atoms with Crippen molar-refractivity contribution in [2.45, 2.75) is 74.1 Å². The quantitative estimate of drug-likeness (QED) is 0.165. The Morgan fingerprint density at radius 3 is 1.85 bits per heavy atom. The van der Waals surface area contributed by atoms with Crippen molar-refractivity contribution in [2.75, 3.05) is 0 Å². The lowest BCUT2D eigenvalue weighted by Gasteiger charge is -2.17. The molecule has 0 saturated heterocycles. The minimum atomic E-state index is 0.922. The van der Waals surface area contributed by atoms with Crippen LogP contribution >= 0.6 is 0 Å². The lowest BCUT2D eigenvalue weighted by molar-refractivity contribution is 0.914. The Bertz CT molecular complexity index is 2480. The Kier molecular flexibility index (Phi) is 11.3. The number of benzene rings is 4. The first-order chi connectivity index (χ1) is 25.8. The maximum Gasteiger partial charge on any atom is 0.0548 e. The SMILES string of the molecule is C1=CCCC(n2c3c(c4ccccc42)C=C(n2c4c(c5c6c7ccccc7n(-c7ccccc7)c6ccc52)C=CC4)C3)=C1.C=CC.CC.CC.CC. The molecule has 0 amide bonds. The van der Waals surface area contributed by atoms with Crippen LogP contribution < -0.4 is 0 Å². The van der Waals surface area contributed by atoms with Crippen LogP contribution in [0.3, 0.4) is 0 Å². The summed E-state index contributed by atoms with van der Waals surface area (Å²) >= 11 is 0. The summed E-state index contributed by atoms with van der Waals surface area (Å²) in [5, 5.41) is 5.38. The van der Waals surface area contributed by atoms with E-state index in [0.29, 0.717) is 0 Å². The highest BCUT2D eigenvalue weighted by molar-refractivity contribution is 6.24. The summed E-state index contributed by atoms with van der Waals surface area (Å²) in [4.78, 5) is 0. The van der Waals surface area contributed by atoms with Gasteiger partial charge in [-0.05, 0) is 68.3 Å². The zero-order valence-electron chi connectivity index (χ0n) is 32.1. The zero-order chi connectivity index (χ0) is 36.8. The van der Waals surface area contributed by atoms with Crippen LogP contribution in [0.2, 0.25) is 0 Å². The number of hydrogen-bond acceptors (Lipinski definition) is 0. The van der Waals surface area contributed by atoms with Gasteiger partial charge in [-0.25, -0.2) is 0 Å². The normalized spacial score (nSPS) is 13.5. The summed E-state index contributed by atoms with van der Waals surface area (Å²) in [6.45, 7) is 17.2. The molecule has 7 aromatic rings. The second-order valence-corrected chi connectivity index (χ2v) is 12.4. The van der Waals surface area contributed by atoms with Gasteiger partial charge in [0.1, 0.15) is 0 Å². The third-order valence-corrected chi connectivity index (χ3v) is 9.76. The van der Waals surface area contributed by atoms with Crippen LogP contribution in [0.4, 0.5) is 0 Å². The van der Waals surface area contributed by atoms with Crippen molar-refractivity contribution >= 4 is 67.2 Å². The maximum absolute atomic E-state index is 3.36. The van der Waals surface area contributed by atoms with Crippen LogP contribution in [-0.2, 0) is 12.8 Å². The number of rotatable bonds is 3. The van der Waals surface area contributed by atoms with E-state index in [1.54, 1.807) is 6.08 Å². The van der Waals surface area contributed by atoms with Crippen LogP contribution in [-0.4, -0.2) is 13.7 Å². The zero-order valence-corrected chi connectivity index (χ0v) is 32.1. The molecule has 3 aliphatic rings. The molecule has 0 fully saturated rings. The van der Waals surface area contributed by atoms with Crippen molar-refractivity contribution in [2.24, 2.45) is 0 Å². The number of aromatic nitrogens is 3. The van der Waals surface area contributed by atoms with Crippen LogP contribution in [0.5, 0.6) is 0 Å². The molecule has 264 valence electrons. The Hall–Kier alpha value is -5.54. The molecule has 0 unspecified atom stereocenters. The van der Waals surface area contributed by atoms with Crippen molar-refractivity contribution in [3.8, 4) is 5.69 Å². The molecule has 4 aromatic carbocycles. The van der Waals surface area contributed by atoms with Gasteiger partial charge in [-0.15, -0.1) is 6.58 Å². The monoisotopic (exact) mass is 683 g/mol. The molecule has 3 aromatic heterocycles. The van der Waals surface area contributed by atoms with Crippen molar-refractivity contribution in [3.05, 3.63) is 150 Å². The molecule has 0 aliphatic heterocycles. The first-order valence-corrected chi connectivity index (χ1v) is 19.4. The van der Waals surface area contributed by atoms with E-state index < -0.39 is 0 Å². The fourth-order valence-electron chi connectivity index (χ4n) is 8.06. The third kappa shape index (κ3) is 5.88. The fraction of sp³-hybridized carbons (Fsp3) is 0.224. The highest BCUT2D eigenvalue weighted by atomic mass is 15.1. The van der Waals surface area contributed by atoms with E-state index in [9.17, 15) is 0 Å². The molecule has 3 aliphatic carbocycles. The van der Waals surface area contributed by atoms with Gasteiger partial charge >= 0.3 is 0 Å². The molecule has 10 rings (SSSR count). The number of allylic oxidation sites excluding steroid dienone is 7. The predicted octanol–water partition coefficient (Wildman–Crippen LogP) is 14.3. The summed E-state index contributed by atoms with van der Waals surface area (Å²) in [5.74, 6) is 0. The number of hydrogen-bond donors (Lipinski definition) is 0. The van der Waals surface area contributed by atoms with E-state index in [-0.39, 0.29) is 0 Å². The molecule has 0 N–H and O–H groups in total. The number of fused-ring (bicyclic) bond motifs is 10. The Labute approximate surface area is 310 Å². The summed E-state index contributed by atoms with van der Waals surface area (Å²) in [7, 11) is 0. The molecule has 3 heteroatoms. The van der Waals surface area contributed by atoms with Crippen LogP contribution in [0.1, 0.15) is 83.8 Å². The Morgan fingerprint density at radius 2 is 1.17 bits per heavy atom. The molecule has 0 spiro atoms. The van der Waals surface area contributed by atoms with E-state index in [1.165, 1.54) is 83.2 Å². The van der Waals surface area contributed by atoms with Crippen LogP contribution in [0, 0.1) is 0 Å². The van der Waals surface area contributed by atoms with Gasteiger partial charge < -0.3 is 13.7 Å². The van der Waals surface area contributed by atoms with Crippen LogP contribution in [0.15, 0.2) is 128 Å². The first kappa shape index (κ1) is 36.3. The molecule has 0 radical (unpaired) electrons. The lowest BCUT2D eigenvalue weighted by atomic mass is 10.0. The topological polar surface area (TPSA) is 14.8 Å². The van der Waals surface area contributed by atoms with Crippen molar-refractivity contribution < 1.29 is 0 Å². The Morgan fingerprint density at radius 1 is 0.577 bits per heavy atom. The summed E-state index contributed by atoms with van der Waals surface area (Å²) in [6.07, 6.45) is 19.8. The minimum Gasteiger partial charge on any atom is -0.316 e. The van der Waals surface area contributed by atoms with Gasteiger partial charge in [0.15, 0.2) is 0 Å². The second kappa shape index (κ2) is 16.2. The molecule has 3 heterocycles. The third-order valence-electron chi connectivity index (χ3n) is 9.76. The molecular weight excluding hydrogens is 631 g/mol. The van der Waals surface area contributed by atoms with E-state index >= 15 is 0 Å². The number of para-hydroxylation sites is 3. The van der Waals surface area contributed by atoms with Gasteiger partial charge in [0.25, 0.3) is 0 Å². The largest absolute Gasteiger partial charge is 0.316 e. The standard InChI is InChI=1S/C40H29N3.C3H6.3C2H6/c1-3-12-26(13-4-1)41-34-20-10-8-17-30(34)39-36(41)22-23-37-40(39)31-18-11-21-35(31)43(37)28-24-32-29-16-7-9-19-33(29)42(38(32)25-28)27-14-5-2-6-15-27;1-3-2;3*1-2/h1-5,7-14,16-20,22-24H,6,15,21,25H2;3H,1H2,2H3;3*1-2H3. The smallest absolute Gasteiger partial charge is 0.0548 e. The highest BCUT2D eigenvalue weighted by Crippen LogP contribution is 2.46. The van der Waals surface area contributed by atoms with E-state index in [4.69, 9.17) is 0 Å². The molecule has 52 heavy (non-hydrogen) atoms. The van der Waals surface area contributed by atoms with Gasteiger partial charge in [0, 0.05) is 74.0 Å². The lowest BCUT2D eigenvalue weighted by Crippen LogP contribution is -2.06. The predicted molar refractivity (Wildman–Crippen MR) is 231 cm³/mol. The van der Waals surface area contributed by atoms with E-state index in [0.717, 1.165) is 25.7 Å². The van der Waals surface area contributed by atoms with Crippen molar-refractivity contribution in [3.63, 3.8) is 0 Å². The first-order valence-electron chi connectivity index (χ1n) is 19.4. The van der Waals surface area contributed by atoms with E-state index in [2.05, 4.69) is 148 Å². The maximum atomic E-state index is 3.36. The summed E-state index contributed by atoms with van der Waals surface area (Å²) in [5.41, 5.74) is 14.7. The average Bonchev–Trinajstić information content (AvgIpc) is 4.03. The van der Waals surface area contributed by atoms with E-state index in [1.807, 2.05) is 48.5 Å². The summed E-state index contributed by atoms with van der Waals surface area (Å²) in [6, 6.07) is 33.3. The number of nitrogens with zero attached hydrogens (tertiary/aromatic N) is 3. The molecule has 3 nitrogen and oxygen atoms in total. The van der Waals surface area contributed by atoms with Crippen LogP contribution in [0.25, 0.3) is 72.8 Å². The fourth-order valence-corrected chi connectivity index (χ4v) is 8.06. The molecule has 0 bridgehead atoms. The molecule has 0 saturated carbocycles. The second-order valence-electron chi connectivity index (χ2n) is 12.4.